The molecule has 0 radical (unpaired) electrons. The number of anilines is 1. The Bertz CT molecular complexity index is 465. The molecular weight excluding hydrogens is 308 g/mol. The Morgan fingerprint density at radius 2 is 2.32 bits per heavy atom. The molecule has 5 heteroatoms. The predicted octanol–water partition coefficient (Wildman–Crippen LogP) is 2.41. The van der Waals surface area contributed by atoms with Crippen molar-refractivity contribution in [1.29, 1.82) is 0 Å². The summed E-state index contributed by atoms with van der Waals surface area (Å²) in [4.78, 5) is 14.4. The maximum Gasteiger partial charge on any atom is 0.254 e. The first-order valence-electron chi connectivity index (χ1n) is 6.60. The highest BCUT2D eigenvalue weighted by Gasteiger charge is 2.28. The van der Waals surface area contributed by atoms with E-state index in [9.17, 15) is 4.79 Å². The predicted molar refractivity (Wildman–Crippen MR) is 78.9 cm³/mol. The highest BCUT2D eigenvalue weighted by atomic mass is 79.9. The number of aliphatic hydroxyl groups excluding tert-OH is 1. The molecule has 2 rings (SSSR count). The van der Waals surface area contributed by atoms with Crippen molar-refractivity contribution in [2.45, 2.75) is 31.7 Å². The van der Waals surface area contributed by atoms with Crippen molar-refractivity contribution in [2.75, 3.05) is 18.9 Å². The summed E-state index contributed by atoms with van der Waals surface area (Å²) in [5.41, 5.74) is 7.04. The summed E-state index contributed by atoms with van der Waals surface area (Å²) >= 11 is 3.33. The van der Waals surface area contributed by atoms with Crippen LogP contribution in [0, 0.1) is 0 Å². The molecule has 1 saturated heterocycles. The molecule has 0 aromatic heterocycles. The average Bonchev–Trinajstić information content (AvgIpc) is 2.87. The number of nitrogen functional groups attached to an aromatic ring is 1. The second kappa shape index (κ2) is 6.39. The van der Waals surface area contributed by atoms with Crippen LogP contribution in [0.2, 0.25) is 0 Å². The average molecular weight is 327 g/mol. The van der Waals surface area contributed by atoms with Gasteiger partial charge >= 0.3 is 0 Å². The molecule has 1 atom stereocenters. The van der Waals surface area contributed by atoms with Crippen LogP contribution >= 0.6 is 15.9 Å². The van der Waals surface area contributed by atoms with E-state index >= 15 is 0 Å². The van der Waals surface area contributed by atoms with Crippen LogP contribution in [0.4, 0.5) is 5.69 Å². The van der Waals surface area contributed by atoms with Crippen molar-refractivity contribution in [2.24, 2.45) is 0 Å². The van der Waals surface area contributed by atoms with Gasteiger partial charge in [-0.3, -0.25) is 4.79 Å². The SMILES string of the molecule is Nc1cc(C(=O)N2CCCC2CCCO)ccc1Br. The molecule has 1 fully saturated rings. The van der Waals surface area contributed by atoms with Crippen LogP contribution in [-0.2, 0) is 0 Å². The minimum absolute atomic E-state index is 0.0413. The number of carbonyl (C=O) groups is 1. The summed E-state index contributed by atoms with van der Waals surface area (Å²) in [6.07, 6.45) is 3.68. The molecule has 104 valence electrons. The topological polar surface area (TPSA) is 66.6 Å². The molecule has 0 saturated carbocycles. The Kier molecular flexibility index (Phi) is 4.82. The largest absolute Gasteiger partial charge is 0.398 e. The quantitative estimate of drug-likeness (QED) is 0.835. The van der Waals surface area contributed by atoms with Gasteiger partial charge in [0.15, 0.2) is 0 Å². The number of hydrogen-bond donors (Lipinski definition) is 2. The lowest BCUT2D eigenvalue weighted by molar-refractivity contribution is 0.0724. The molecule has 0 spiro atoms. The van der Waals surface area contributed by atoms with E-state index in [2.05, 4.69) is 15.9 Å². The Labute approximate surface area is 121 Å². The molecule has 1 aromatic rings. The molecule has 3 N–H and O–H groups in total. The number of benzene rings is 1. The Hall–Kier alpha value is -1.07. The van der Waals surface area contributed by atoms with E-state index < -0.39 is 0 Å². The normalized spacial score (nSPS) is 18.8. The van der Waals surface area contributed by atoms with E-state index in [-0.39, 0.29) is 18.6 Å². The highest BCUT2D eigenvalue weighted by Crippen LogP contribution is 2.26. The fraction of sp³-hybridized carbons (Fsp3) is 0.500. The zero-order valence-electron chi connectivity index (χ0n) is 10.8. The van der Waals surface area contributed by atoms with E-state index in [1.165, 1.54) is 0 Å². The Balaban J connectivity index is 2.11. The third-order valence-electron chi connectivity index (χ3n) is 3.58. The molecule has 1 heterocycles. The van der Waals surface area contributed by atoms with E-state index in [1.54, 1.807) is 18.2 Å². The van der Waals surface area contributed by atoms with Crippen LogP contribution in [0.25, 0.3) is 0 Å². The van der Waals surface area contributed by atoms with E-state index in [1.807, 2.05) is 4.90 Å². The third kappa shape index (κ3) is 3.28. The molecule has 0 bridgehead atoms. The molecule has 1 aromatic carbocycles. The summed E-state index contributed by atoms with van der Waals surface area (Å²) in [5.74, 6) is 0.0413. The summed E-state index contributed by atoms with van der Waals surface area (Å²) in [7, 11) is 0. The summed E-state index contributed by atoms with van der Waals surface area (Å²) < 4.78 is 0.808. The van der Waals surface area contributed by atoms with Gasteiger partial charge in [0.1, 0.15) is 0 Å². The maximum absolute atomic E-state index is 12.5. The van der Waals surface area contributed by atoms with Gasteiger partial charge in [0.25, 0.3) is 5.91 Å². The number of hydrogen-bond acceptors (Lipinski definition) is 3. The van der Waals surface area contributed by atoms with Crippen LogP contribution < -0.4 is 5.73 Å². The number of aliphatic hydroxyl groups is 1. The summed E-state index contributed by atoms with van der Waals surface area (Å²) in [6, 6.07) is 5.57. The number of halogens is 1. The van der Waals surface area contributed by atoms with Crippen molar-refractivity contribution in [3.63, 3.8) is 0 Å². The van der Waals surface area contributed by atoms with Gasteiger partial charge in [-0.1, -0.05) is 0 Å². The van der Waals surface area contributed by atoms with Crippen molar-refractivity contribution >= 4 is 27.5 Å². The van der Waals surface area contributed by atoms with Crippen LogP contribution in [0.3, 0.4) is 0 Å². The van der Waals surface area contributed by atoms with Gasteiger partial charge < -0.3 is 15.7 Å². The number of likely N-dealkylation sites (tertiary alicyclic amines) is 1. The van der Waals surface area contributed by atoms with E-state index in [0.29, 0.717) is 11.3 Å². The van der Waals surface area contributed by atoms with Crippen LogP contribution in [-0.4, -0.2) is 35.1 Å². The zero-order valence-corrected chi connectivity index (χ0v) is 12.4. The minimum Gasteiger partial charge on any atom is -0.398 e. The van der Waals surface area contributed by atoms with E-state index in [0.717, 1.165) is 36.7 Å². The highest BCUT2D eigenvalue weighted by molar-refractivity contribution is 9.10. The van der Waals surface area contributed by atoms with Crippen molar-refractivity contribution in [3.8, 4) is 0 Å². The smallest absolute Gasteiger partial charge is 0.254 e. The fourth-order valence-electron chi connectivity index (χ4n) is 2.57. The van der Waals surface area contributed by atoms with Gasteiger partial charge in [-0.05, 0) is 59.8 Å². The minimum atomic E-state index is 0.0413. The van der Waals surface area contributed by atoms with Gasteiger partial charge in [-0.2, -0.15) is 0 Å². The van der Waals surface area contributed by atoms with Crippen molar-refractivity contribution in [1.82, 2.24) is 4.90 Å². The van der Waals surface area contributed by atoms with Crippen molar-refractivity contribution < 1.29 is 9.90 Å². The first kappa shape index (κ1) is 14.3. The standard InChI is InChI=1S/C14H19BrN2O2/c15-12-6-5-10(9-13(12)16)14(19)17-7-1-3-11(17)4-2-8-18/h5-6,9,11,18H,1-4,7-8,16H2. The molecule has 0 aliphatic carbocycles. The van der Waals surface area contributed by atoms with Gasteiger partial charge in [-0.25, -0.2) is 0 Å². The number of carbonyl (C=O) groups excluding carboxylic acids is 1. The monoisotopic (exact) mass is 326 g/mol. The van der Waals surface area contributed by atoms with Gasteiger partial charge in [0, 0.05) is 34.9 Å². The number of rotatable bonds is 4. The van der Waals surface area contributed by atoms with Gasteiger partial charge in [-0.15, -0.1) is 0 Å². The third-order valence-corrected chi connectivity index (χ3v) is 4.30. The first-order valence-corrected chi connectivity index (χ1v) is 7.39. The summed E-state index contributed by atoms with van der Waals surface area (Å²) in [6.45, 7) is 0.981. The van der Waals surface area contributed by atoms with Gasteiger partial charge in [0.05, 0.1) is 0 Å². The second-order valence-electron chi connectivity index (χ2n) is 4.90. The Morgan fingerprint density at radius 1 is 1.53 bits per heavy atom. The maximum atomic E-state index is 12.5. The zero-order chi connectivity index (χ0) is 13.8. The first-order chi connectivity index (χ1) is 9.13. The van der Waals surface area contributed by atoms with Crippen LogP contribution in [0.5, 0.6) is 0 Å². The molecule has 1 aliphatic heterocycles. The lowest BCUT2D eigenvalue weighted by atomic mass is 10.1. The number of nitrogens with zero attached hydrogens (tertiary/aromatic N) is 1. The number of amides is 1. The van der Waals surface area contributed by atoms with E-state index in [4.69, 9.17) is 10.8 Å². The molecule has 19 heavy (non-hydrogen) atoms. The molecule has 1 unspecified atom stereocenters. The van der Waals surface area contributed by atoms with Gasteiger partial charge in [0.2, 0.25) is 0 Å². The Morgan fingerprint density at radius 3 is 3.00 bits per heavy atom. The summed E-state index contributed by atoms with van der Waals surface area (Å²) in [5, 5.41) is 8.91. The van der Waals surface area contributed by atoms with Crippen LogP contribution in [0.1, 0.15) is 36.0 Å². The molecular formula is C14H19BrN2O2. The van der Waals surface area contributed by atoms with Crippen LogP contribution in [0.15, 0.2) is 22.7 Å². The molecule has 1 amide bonds. The lowest BCUT2D eigenvalue weighted by Crippen LogP contribution is -2.35. The number of nitrogens with two attached hydrogens (primary N) is 1. The lowest BCUT2D eigenvalue weighted by Gasteiger charge is -2.24. The van der Waals surface area contributed by atoms with Crippen molar-refractivity contribution in [3.05, 3.63) is 28.2 Å². The molecule has 4 nitrogen and oxygen atoms in total. The fourth-order valence-corrected chi connectivity index (χ4v) is 2.82. The molecule has 1 aliphatic rings. The second-order valence-corrected chi connectivity index (χ2v) is 5.75.